The van der Waals surface area contributed by atoms with Crippen molar-refractivity contribution in [2.75, 3.05) is 7.05 Å². The standard InChI is InChI=1S/C19H30FN3O3/c1-12(2)17(18(24)26-19(3,4)5)23(6)11-14-8-7-13(9-15(14)20)10-16(21)22-25/h7-9,12,17,25H,10-11H2,1-6H3,(H2,21,22)/t17-/m0/s1. The van der Waals surface area contributed by atoms with Crippen molar-refractivity contribution in [1.82, 2.24) is 4.90 Å². The first kappa shape index (κ1) is 21.9. The molecule has 1 rings (SSSR count). The minimum Gasteiger partial charge on any atom is -0.459 e. The van der Waals surface area contributed by atoms with E-state index in [0.717, 1.165) is 0 Å². The molecule has 6 nitrogen and oxygen atoms in total. The Hall–Kier alpha value is -2.15. The number of likely N-dealkylation sites (N-methyl/N-ethyl adjacent to an activating group) is 1. The zero-order chi connectivity index (χ0) is 20.1. The van der Waals surface area contributed by atoms with E-state index in [-0.39, 0.29) is 30.7 Å². The highest BCUT2D eigenvalue weighted by molar-refractivity contribution is 5.82. The molecular weight excluding hydrogens is 337 g/mol. The second-order valence-corrected chi connectivity index (χ2v) is 7.83. The minimum absolute atomic E-state index is 0.0118. The highest BCUT2D eigenvalue weighted by Gasteiger charge is 2.31. The summed E-state index contributed by atoms with van der Waals surface area (Å²) in [5.74, 6) is -0.692. The zero-order valence-corrected chi connectivity index (χ0v) is 16.4. The number of carbonyl (C=O) groups is 1. The van der Waals surface area contributed by atoms with Gasteiger partial charge in [-0.05, 0) is 45.4 Å². The predicted molar refractivity (Wildman–Crippen MR) is 99.5 cm³/mol. The van der Waals surface area contributed by atoms with Gasteiger partial charge < -0.3 is 15.7 Å². The number of hydrogen-bond acceptors (Lipinski definition) is 5. The van der Waals surface area contributed by atoms with Gasteiger partial charge in [0, 0.05) is 18.5 Å². The molecule has 3 N–H and O–H groups in total. The molecule has 0 bridgehead atoms. The van der Waals surface area contributed by atoms with Gasteiger partial charge in [-0.15, -0.1) is 0 Å². The highest BCUT2D eigenvalue weighted by Crippen LogP contribution is 2.20. The maximum absolute atomic E-state index is 14.4. The molecule has 7 heteroatoms. The largest absolute Gasteiger partial charge is 0.459 e. The molecule has 146 valence electrons. The van der Waals surface area contributed by atoms with E-state index in [4.69, 9.17) is 15.7 Å². The summed E-state index contributed by atoms with van der Waals surface area (Å²) in [4.78, 5) is 14.3. The molecule has 26 heavy (non-hydrogen) atoms. The fraction of sp³-hybridized carbons (Fsp3) is 0.579. The second-order valence-electron chi connectivity index (χ2n) is 7.83. The molecule has 0 unspecified atom stereocenters. The zero-order valence-electron chi connectivity index (χ0n) is 16.4. The number of amidine groups is 1. The van der Waals surface area contributed by atoms with Crippen LogP contribution >= 0.6 is 0 Å². The quantitative estimate of drug-likeness (QED) is 0.254. The summed E-state index contributed by atoms with van der Waals surface area (Å²) < 4.78 is 19.9. The van der Waals surface area contributed by atoms with Crippen LogP contribution in [0.5, 0.6) is 0 Å². The first-order valence-electron chi connectivity index (χ1n) is 8.61. The molecule has 0 radical (unpaired) electrons. The van der Waals surface area contributed by atoms with Crippen LogP contribution in [-0.2, 0) is 22.5 Å². The lowest BCUT2D eigenvalue weighted by Crippen LogP contribution is -2.45. The van der Waals surface area contributed by atoms with E-state index < -0.39 is 17.5 Å². The van der Waals surface area contributed by atoms with Crippen molar-refractivity contribution in [2.45, 2.75) is 59.2 Å². The molecule has 1 atom stereocenters. The van der Waals surface area contributed by atoms with Gasteiger partial charge in [-0.2, -0.15) is 0 Å². The molecule has 0 aliphatic carbocycles. The first-order chi connectivity index (χ1) is 11.9. The van der Waals surface area contributed by atoms with Crippen molar-refractivity contribution in [3.63, 3.8) is 0 Å². The molecule has 1 aromatic rings. The first-order valence-corrected chi connectivity index (χ1v) is 8.61. The van der Waals surface area contributed by atoms with E-state index in [2.05, 4.69) is 5.16 Å². The Labute approximate surface area is 154 Å². The number of carbonyl (C=O) groups excluding carboxylic acids is 1. The molecule has 0 amide bonds. The summed E-state index contributed by atoms with van der Waals surface area (Å²) in [5.41, 5.74) is 5.94. The summed E-state index contributed by atoms with van der Waals surface area (Å²) in [6.45, 7) is 9.59. The van der Waals surface area contributed by atoms with Crippen molar-refractivity contribution in [3.8, 4) is 0 Å². The summed E-state index contributed by atoms with van der Waals surface area (Å²) in [6.07, 6.45) is 0.163. The summed E-state index contributed by atoms with van der Waals surface area (Å²) >= 11 is 0. The Balaban J connectivity index is 2.92. The molecule has 0 spiro atoms. The Morgan fingerprint density at radius 2 is 2.00 bits per heavy atom. The van der Waals surface area contributed by atoms with Gasteiger partial charge in [0.1, 0.15) is 23.3 Å². The average Bonchev–Trinajstić information content (AvgIpc) is 2.47. The van der Waals surface area contributed by atoms with Gasteiger partial charge in [-0.25, -0.2) is 4.39 Å². The third kappa shape index (κ3) is 6.63. The number of oxime groups is 1. The molecule has 0 aromatic heterocycles. The summed E-state index contributed by atoms with van der Waals surface area (Å²) in [5, 5.41) is 11.5. The number of halogens is 1. The van der Waals surface area contributed by atoms with Gasteiger partial charge in [0.2, 0.25) is 0 Å². The summed E-state index contributed by atoms with van der Waals surface area (Å²) in [7, 11) is 1.78. The van der Waals surface area contributed by atoms with Gasteiger partial charge in [0.05, 0.1) is 0 Å². The van der Waals surface area contributed by atoms with Crippen molar-refractivity contribution in [3.05, 3.63) is 35.1 Å². The van der Waals surface area contributed by atoms with Crippen molar-refractivity contribution in [2.24, 2.45) is 16.8 Å². The van der Waals surface area contributed by atoms with Crippen LogP contribution in [0.4, 0.5) is 4.39 Å². The van der Waals surface area contributed by atoms with Gasteiger partial charge >= 0.3 is 5.97 Å². The lowest BCUT2D eigenvalue weighted by atomic mass is 10.0. The monoisotopic (exact) mass is 367 g/mol. The van der Waals surface area contributed by atoms with Gasteiger partial charge in [0.15, 0.2) is 0 Å². The maximum atomic E-state index is 14.4. The summed E-state index contributed by atoms with van der Waals surface area (Å²) in [6, 6.07) is 4.25. The van der Waals surface area contributed by atoms with E-state index in [0.29, 0.717) is 11.1 Å². The van der Waals surface area contributed by atoms with E-state index >= 15 is 0 Å². The van der Waals surface area contributed by atoms with Crippen LogP contribution in [-0.4, -0.2) is 40.6 Å². The van der Waals surface area contributed by atoms with Gasteiger partial charge in [-0.1, -0.05) is 31.1 Å². The number of benzene rings is 1. The predicted octanol–water partition coefficient (Wildman–Crippen LogP) is 2.91. The van der Waals surface area contributed by atoms with Crippen LogP contribution < -0.4 is 5.73 Å². The van der Waals surface area contributed by atoms with Crippen LogP contribution in [0.1, 0.15) is 45.7 Å². The van der Waals surface area contributed by atoms with Gasteiger partial charge in [0.25, 0.3) is 0 Å². The number of hydrogen-bond donors (Lipinski definition) is 2. The number of nitrogens with two attached hydrogens (primary N) is 1. The number of ether oxygens (including phenoxy) is 1. The van der Waals surface area contributed by atoms with Crippen LogP contribution in [0.2, 0.25) is 0 Å². The third-order valence-electron chi connectivity index (χ3n) is 3.81. The average molecular weight is 367 g/mol. The van der Waals surface area contributed by atoms with Crippen LogP contribution in [0.3, 0.4) is 0 Å². The van der Waals surface area contributed by atoms with Crippen LogP contribution in [0.25, 0.3) is 0 Å². The van der Waals surface area contributed by atoms with Crippen molar-refractivity contribution in [1.29, 1.82) is 0 Å². The van der Waals surface area contributed by atoms with Crippen molar-refractivity contribution < 1.29 is 19.1 Å². The lowest BCUT2D eigenvalue weighted by molar-refractivity contribution is -0.163. The fourth-order valence-electron chi connectivity index (χ4n) is 2.76. The van der Waals surface area contributed by atoms with E-state index in [9.17, 15) is 9.18 Å². The minimum atomic E-state index is -0.577. The second kappa shape index (κ2) is 8.98. The molecular formula is C19H30FN3O3. The molecule has 0 saturated carbocycles. The topological polar surface area (TPSA) is 88.2 Å². The molecule has 0 aliphatic rings. The van der Waals surface area contributed by atoms with E-state index in [1.54, 1.807) is 24.1 Å². The third-order valence-corrected chi connectivity index (χ3v) is 3.81. The SMILES string of the molecule is CC(C)[C@@H](C(=O)OC(C)(C)C)N(C)Cc1ccc(CC(N)=NO)cc1F. The molecule has 1 aromatic carbocycles. The maximum Gasteiger partial charge on any atom is 0.324 e. The Bertz CT molecular complexity index is 654. The van der Waals surface area contributed by atoms with E-state index in [1.807, 2.05) is 34.6 Å². The molecule has 0 heterocycles. The van der Waals surface area contributed by atoms with E-state index in [1.165, 1.54) is 6.07 Å². The smallest absolute Gasteiger partial charge is 0.324 e. The van der Waals surface area contributed by atoms with Crippen molar-refractivity contribution >= 4 is 11.8 Å². The van der Waals surface area contributed by atoms with Crippen LogP contribution in [0.15, 0.2) is 23.4 Å². The molecule has 0 aliphatic heterocycles. The lowest BCUT2D eigenvalue weighted by Gasteiger charge is -2.32. The molecule has 0 fully saturated rings. The molecule has 0 saturated heterocycles. The highest BCUT2D eigenvalue weighted by atomic mass is 19.1. The van der Waals surface area contributed by atoms with Gasteiger partial charge in [-0.3, -0.25) is 9.69 Å². The Morgan fingerprint density at radius 3 is 2.46 bits per heavy atom. The Morgan fingerprint density at radius 1 is 1.38 bits per heavy atom. The van der Waals surface area contributed by atoms with Crippen LogP contribution in [0, 0.1) is 11.7 Å². The Kier molecular flexibility index (Phi) is 7.56. The number of esters is 1. The fourth-order valence-corrected chi connectivity index (χ4v) is 2.76. The normalized spacial score (nSPS) is 14.0. The number of rotatable bonds is 7. The number of nitrogens with zero attached hydrogens (tertiary/aromatic N) is 2.